The Hall–Kier alpha value is -2.87. The zero-order chi connectivity index (χ0) is 26.7. The molecule has 0 fully saturated rings. The van der Waals surface area contributed by atoms with Gasteiger partial charge in [-0.3, -0.25) is 13.9 Å². The summed E-state index contributed by atoms with van der Waals surface area (Å²) in [6.07, 6.45) is 3.63. The average Bonchev–Trinajstić information content (AvgIpc) is 2.83. The van der Waals surface area contributed by atoms with Crippen LogP contribution in [0.2, 0.25) is 0 Å². The number of benzene rings is 2. The average molecular weight is 516 g/mol. The topological polar surface area (TPSA) is 86.8 Å². The Morgan fingerprint density at radius 1 is 0.972 bits per heavy atom. The zero-order valence-corrected chi connectivity index (χ0v) is 23.1. The normalized spacial score (nSPS) is 13.0. The Balaban J connectivity index is 2.16. The van der Waals surface area contributed by atoms with Gasteiger partial charge >= 0.3 is 0 Å². The fraction of sp³-hybridized carbons (Fsp3) is 0.500. The molecule has 0 spiro atoms. The molecule has 0 saturated carbocycles. The van der Waals surface area contributed by atoms with Crippen molar-refractivity contribution in [2.75, 3.05) is 23.7 Å². The highest BCUT2D eigenvalue weighted by Gasteiger charge is 2.29. The van der Waals surface area contributed by atoms with Crippen molar-refractivity contribution in [1.29, 1.82) is 0 Å². The van der Waals surface area contributed by atoms with E-state index in [0.29, 0.717) is 31.5 Å². The van der Waals surface area contributed by atoms with Gasteiger partial charge in [-0.1, -0.05) is 56.3 Å². The van der Waals surface area contributed by atoms with E-state index in [4.69, 9.17) is 0 Å². The van der Waals surface area contributed by atoms with Crippen molar-refractivity contribution in [3.8, 4) is 0 Å². The predicted octanol–water partition coefficient (Wildman–Crippen LogP) is 4.31. The standard InChI is InChI=1S/C28H41N3O4S/c1-6-23(4)29-28(33)26(7-2)30(20-18-24-14-9-8-10-15-24)27(32)17-12-19-31(36(5,34)35)25-16-11-13-22(3)21-25/h8-11,13-16,21,23,26H,6-7,12,17-20H2,1-5H3,(H,29,33)/t23-,26+/m0/s1. The van der Waals surface area contributed by atoms with E-state index >= 15 is 0 Å². The minimum atomic E-state index is -3.51. The lowest BCUT2D eigenvalue weighted by molar-refractivity contribution is -0.141. The number of carbonyl (C=O) groups excluding carboxylic acids is 2. The fourth-order valence-corrected chi connectivity index (χ4v) is 5.08. The third-order valence-corrected chi connectivity index (χ3v) is 7.51. The summed E-state index contributed by atoms with van der Waals surface area (Å²) < 4.78 is 26.3. The maximum absolute atomic E-state index is 13.4. The molecule has 0 aliphatic carbocycles. The van der Waals surface area contributed by atoms with Crippen LogP contribution in [0.3, 0.4) is 0 Å². The summed E-state index contributed by atoms with van der Waals surface area (Å²) in [7, 11) is -3.51. The first-order valence-corrected chi connectivity index (χ1v) is 14.6. The Kier molecular flexibility index (Phi) is 11.4. The highest BCUT2D eigenvalue weighted by atomic mass is 32.2. The number of rotatable bonds is 14. The van der Waals surface area contributed by atoms with E-state index in [1.807, 2.05) is 76.2 Å². The predicted molar refractivity (Wildman–Crippen MR) is 146 cm³/mol. The number of nitrogens with zero attached hydrogens (tertiary/aromatic N) is 2. The molecular weight excluding hydrogens is 474 g/mol. The number of nitrogens with one attached hydrogen (secondary N) is 1. The minimum Gasteiger partial charge on any atom is -0.352 e. The maximum atomic E-state index is 13.4. The van der Waals surface area contributed by atoms with Gasteiger partial charge in [0.15, 0.2) is 0 Å². The molecule has 8 heteroatoms. The third-order valence-electron chi connectivity index (χ3n) is 6.31. The molecule has 0 saturated heterocycles. The Morgan fingerprint density at radius 3 is 2.25 bits per heavy atom. The van der Waals surface area contributed by atoms with Gasteiger partial charge in [-0.05, 0) is 62.8 Å². The van der Waals surface area contributed by atoms with Crippen LogP contribution in [0, 0.1) is 6.92 Å². The monoisotopic (exact) mass is 515 g/mol. The van der Waals surface area contributed by atoms with E-state index < -0.39 is 16.1 Å². The summed E-state index contributed by atoms with van der Waals surface area (Å²) in [5.74, 6) is -0.291. The number of hydrogen-bond acceptors (Lipinski definition) is 4. The summed E-state index contributed by atoms with van der Waals surface area (Å²) in [6.45, 7) is 8.39. The van der Waals surface area contributed by atoms with E-state index in [0.717, 1.165) is 17.5 Å². The third kappa shape index (κ3) is 8.97. The number of carbonyl (C=O) groups is 2. The van der Waals surface area contributed by atoms with Crippen molar-refractivity contribution < 1.29 is 18.0 Å². The molecule has 2 aromatic rings. The van der Waals surface area contributed by atoms with Crippen LogP contribution in [0.5, 0.6) is 0 Å². The zero-order valence-electron chi connectivity index (χ0n) is 22.2. The largest absolute Gasteiger partial charge is 0.352 e. The van der Waals surface area contributed by atoms with Crippen LogP contribution in [0.15, 0.2) is 54.6 Å². The Bertz CT molecular complexity index is 1090. The summed E-state index contributed by atoms with van der Waals surface area (Å²) in [5, 5.41) is 3.01. The second kappa shape index (κ2) is 14.0. The van der Waals surface area contributed by atoms with Gasteiger partial charge in [-0.2, -0.15) is 0 Å². The van der Waals surface area contributed by atoms with E-state index in [1.54, 1.807) is 11.0 Å². The van der Waals surface area contributed by atoms with Crippen molar-refractivity contribution in [3.05, 3.63) is 65.7 Å². The summed E-state index contributed by atoms with van der Waals surface area (Å²) >= 11 is 0. The quantitative estimate of drug-likeness (QED) is 0.406. The van der Waals surface area contributed by atoms with E-state index in [2.05, 4.69) is 5.32 Å². The van der Waals surface area contributed by atoms with Crippen molar-refractivity contribution in [2.45, 2.75) is 71.9 Å². The van der Waals surface area contributed by atoms with Gasteiger partial charge in [0.05, 0.1) is 11.9 Å². The molecule has 36 heavy (non-hydrogen) atoms. The number of anilines is 1. The van der Waals surface area contributed by atoms with E-state index in [9.17, 15) is 18.0 Å². The molecule has 7 nitrogen and oxygen atoms in total. The molecule has 0 aromatic heterocycles. The van der Waals surface area contributed by atoms with Gasteiger partial charge in [0.25, 0.3) is 0 Å². The second-order valence-electron chi connectivity index (χ2n) is 9.34. The van der Waals surface area contributed by atoms with Gasteiger partial charge in [0.2, 0.25) is 21.8 Å². The highest BCUT2D eigenvalue weighted by molar-refractivity contribution is 7.92. The maximum Gasteiger partial charge on any atom is 0.243 e. The number of aryl methyl sites for hydroxylation is 1. The van der Waals surface area contributed by atoms with Crippen molar-refractivity contribution in [3.63, 3.8) is 0 Å². The molecule has 2 atom stereocenters. The first kappa shape index (κ1) is 29.4. The molecular formula is C28H41N3O4S. The van der Waals surface area contributed by atoms with Crippen LogP contribution in [-0.4, -0.2) is 56.6 Å². The molecule has 0 bridgehead atoms. The lowest BCUT2D eigenvalue weighted by Gasteiger charge is -2.32. The van der Waals surface area contributed by atoms with Gasteiger partial charge in [-0.15, -0.1) is 0 Å². The van der Waals surface area contributed by atoms with Crippen LogP contribution in [0.25, 0.3) is 0 Å². The number of sulfonamides is 1. The van der Waals surface area contributed by atoms with Crippen molar-refractivity contribution in [2.24, 2.45) is 0 Å². The second-order valence-corrected chi connectivity index (χ2v) is 11.2. The highest BCUT2D eigenvalue weighted by Crippen LogP contribution is 2.20. The SMILES string of the molecule is CC[C@H](C(=O)N[C@@H](C)CC)N(CCc1ccccc1)C(=O)CCCN(c1cccc(C)c1)S(C)(=O)=O. The summed E-state index contributed by atoms with van der Waals surface area (Å²) in [5.41, 5.74) is 2.64. The molecule has 1 N–H and O–H groups in total. The van der Waals surface area contributed by atoms with Gasteiger partial charge in [0, 0.05) is 25.6 Å². The number of amides is 2. The molecule has 0 unspecified atom stereocenters. The van der Waals surface area contributed by atoms with Crippen LogP contribution in [0.4, 0.5) is 5.69 Å². The molecule has 198 valence electrons. The number of hydrogen-bond donors (Lipinski definition) is 1. The smallest absolute Gasteiger partial charge is 0.243 e. The van der Waals surface area contributed by atoms with E-state index in [-0.39, 0.29) is 30.8 Å². The lowest BCUT2D eigenvalue weighted by atomic mass is 10.1. The molecule has 0 heterocycles. The van der Waals surface area contributed by atoms with Crippen LogP contribution < -0.4 is 9.62 Å². The fourth-order valence-electron chi connectivity index (χ4n) is 4.12. The van der Waals surface area contributed by atoms with Crippen molar-refractivity contribution in [1.82, 2.24) is 10.2 Å². The Labute approximate surface area is 216 Å². The van der Waals surface area contributed by atoms with Gasteiger partial charge < -0.3 is 10.2 Å². The molecule has 2 amide bonds. The lowest BCUT2D eigenvalue weighted by Crippen LogP contribution is -2.51. The van der Waals surface area contributed by atoms with Crippen LogP contribution >= 0.6 is 0 Å². The molecule has 0 radical (unpaired) electrons. The molecule has 2 aromatic carbocycles. The van der Waals surface area contributed by atoms with E-state index in [1.165, 1.54) is 10.6 Å². The van der Waals surface area contributed by atoms with Crippen molar-refractivity contribution >= 4 is 27.5 Å². The first-order chi connectivity index (χ1) is 17.1. The summed E-state index contributed by atoms with van der Waals surface area (Å²) in [4.78, 5) is 28.1. The van der Waals surface area contributed by atoms with Gasteiger partial charge in [-0.25, -0.2) is 8.42 Å². The van der Waals surface area contributed by atoms with Crippen LogP contribution in [-0.2, 0) is 26.0 Å². The minimum absolute atomic E-state index is 0.0234. The molecule has 0 aliphatic heterocycles. The summed E-state index contributed by atoms with van der Waals surface area (Å²) in [6, 6.07) is 16.6. The molecule has 2 rings (SSSR count). The van der Waals surface area contributed by atoms with Crippen LogP contribution in [0.1, 0.15) is 57.6 Å². The van der Waals surface area contributed by atoms with Gasteiger partial charge in [0.1, 0.15) is 6.04 Å². The molecule has 0 aliphatic rings. The first-order valence-electron chi connectivity index (χ1n) is 12.7. The Morgan fingerprint density at radius 2 is 1.67 bits per heavy atom.